The smallest absolute Gasteiger partial charge is 0.408 e. The lowest BCUT2D eigenvalue weighted by atomic mass is 10.2. The van der Waals surface area contributed by atoms with Crippen molar-refractivity contribution < 1.29 is 9.21 Å². The number of aromatic nitrogens is 1. The lowest BCUT2D eigenvalue weighted by molar-refractivity contribution is 0.0951. The lowest BCUT2D eigenvalue weighted by Crippen LogP contribution is -2.31. The molecule has 0 aliphatic rings. The molecule has 0 aliphatic heterocycles. The van der Waals surface area contributed by atoms with Crippen molar-refractivity contribution in [3.05, 3.63) is 34.3 Å². The normalized spacial score (nSPS) is 11.2. The van der Waals surface area contributed by atoms with E-state index in [9.17, 15) is 9.59 Å². The molecule has 2 rings (SSSR count). The third-order valence-electron chi connectivity index (χ3n) is 2.90. The summed E-state index contributed by atoms with van der Waals surface area (Å²) in [5, 5.41) is 2.82. The summed E-state index contributed by atoms with van der Waals surface area (Å²) in [7, 11) is 5.50. The number of carbonyl (C=O) groups is 1. The molecule has 0 unspecified atom stereocenters. The molecule has 6 nitrogen and oxygen atoms in total. The lowest BCUT2D eigenvalue weighted by Gasteiger charge is -2.10. The second kappa shape index (κ2) is 5.27. The number of hydrogen-bond acceptors (Lipinski definition) is 4. The molecule has 0 bridgehead atoms. The molecule has 0 saturated carbocycles. The highest BCUT2D eigenvalue weighted by Gasteiger charge is 2.10. The van der Waals surface area contributed by atoms with Crippen molar-refractivity contribution in [1.82, 2.24) is 14.8 Å². The Bertz CT molecular complexity index is 655. The fraction of sp³-hybridized carbons (Fsp3) is 0.385. The summed E-state index contributed by atoms with van der Waals surface area (Å²) in [6, 6.07) is 4.94. The van der Waals surface area contributed by atoms with Gasteiger partial charge in [0.05, 0.1) is 5.52 Å². The Morgan fingerprint density at radius 2 is 2.16 bits per heavy atom. The van der Waals surface area contributed by atoms with Crippen LogP contribution in [0.1, 0.15) is 10.4 Å². The molecule has 1 aromatic carbocycles. The van der Waals surface area contributed by atoms with Crippen LogP contribution in [0.4, 0.5) is 0 Å². The van der Waals surface area contributed by atoms with E-state index in [-0.39, 0.29) is 5.91 Å². The van der Waals surface area contributed by atoms with Crippen LogP contribution in [0.5, 0.6) is 0 Å². The van der Waals surface area contributed by atoms with Gasteiger partial charge < -0.3 is 14.6 Å². The Labute approximate surface area is 110 Å². The SMILES string of the molecule is CN(C)CCNC(=O)c1ccc2oc(=O)n(C)c2c1. The molecule has 1 aromatic heterocycles. The van der Waals surface area contributed by atoms with Crippen molar-refractivity contribution in [3.63, 3.8) is 0 Å². The van der Waals surface area contributed by atoms with Crippen LogP contribution >= 0.6 is 0 Å². The molecule has 1 amide bonds. The molecule has 0 aliphatic carbocycles. The summed E-state index contributed by atoms with van der Waals surface area (Å²) in [5.74, 6) is -0.586. The number of nitrogens with one attached hydrogen (secondary N) is 1. The molecule has 102 valence electrons. The van der Waals surface area contributed by atoms with Gasteiger partial charge in [0.2, 0.25) is 0 Å². The molecule has 0 saturated heterocycles. The van der Waals surface area contributed by atoms with Crippen molar-refractivity contribution in [3.8, 4) is 0 Å². The molecular weight excluding hydrogens is 246 g/mol. The molecular formula is C13H17N3O3. The molecule has 6 heteroatoms. The maximum Gasteiger partial charge on any atom is 0.419 e. The number of benzene rings is 1. The number of carbonyl (C=O) groups excluding carboxylic acids is 1. The van der Waals surface area contributed by atoms with Crippen molar-refractivity contribution in [1.29, 1.82) is 0 Å². The molecule has 1 N–H and O–H groups in total. The van der Waals surface area contributed by atoms with E-state index in [1.807, 2.05) is 19.0 Å². The topological polar surface area (TPSA) is 67.5 Å². The average Bonchev–Trinajstić information content (AvgIpc) is 2.64. The molecule has 0 fully saturated rings. The van der Waals surface area contributed by atoms with E-state index in [4.69, 9.17) is 4.42 Å². The zero-order chi connectivity index (χ0) is 14.0. The predicted octanol–water partition coefficient (Wildman–Crippen LogP) is 0.423. The predicted molar refractivity (Wildman–Crippen MR) is 72.3 cm³/mol. The summed E-state index contributed by atoms with van der Waals surface area (Å²) in [6.07, 6.45) is 0. The van der Waals surface area contributed by atoms with Crippen LogP contribution in [0.25, 0.3) is 11.1 Å². The summed E-state index contributed by atoms with van der Waals surface area (Å²) in [6.45, 7) is 1.35. The van der Waals surface area contributed by atoms with E-state index >= 15 is 0 Å². The monoisotopic (exact) mass is 263 g/mol. The number of oxazole rings is 1. The third-order valence-corrected chi connectivity index (χ3v) is 2.90. The minimum Gasteiger partial charge on any atom is -0.408 e. The zero-order valence-electron chi connectivity index (χ0n) is 11.3. The Morgan fingerprint density at radius 3 is 2.84 bits per heavy atom. The number of rotatable bonds is 4. The van der Waals surface area contributed by atoms with E-state index in [0.29, 0.717) is 23.2 Å². The Hall–Kier alpha value is -2.08. The fourth-order valence-electron chi connectivity index (χ4n) is 1.76. The number of nitrogens with zero attached hydrogens (tertiary/aromatic N) is 2. The van der Waals surface area contributed by atoms with Gasteiger partial charge in [-0.05, 0) is 32.3 Å². The van der Waals surface area contributed by atoms with Gasteiger partial charge in [0.1, 0.15) is 0 Å². The van der Waals surface area contributed by atoms with Gasteiger partial charge in [-0.2, -0.15) is 0 Å². The standard InChI is InChI=1S/C13H17N3O3/c1-15(2)7-6-14-12(17)9-4-5-11-10(8-9)16(3)13(18)19-11/h4-5,8H,6-7H2,1-3H3,(H,14,17). The minimum atomic E-state index is -0.430. The average molecular weight is 263 g/mol. The Morgan fingerprint density at radius 1 is 1.42 bits per heavy atom. The Balaban J connectivity index is 2.18. The number of fused-ring (bicyclic) bond motifs is 1. The highest BCUT2D eigenvalue weighted by Crippen LogP contribution is 2.14. The van der Waals surface area contributed by atoms with Gasteiger partial charge in [-0.25, -0.2) is 4.79 Å². The van der Waals surface area contributed by atoms with Crippen LogP contribution in [0.2, 0.25) is 0 Å². The van der Waals surface area contributed by atoms with E-state index in [1.54, 1.807) is 25.2 Å². The fourth-order valence-corrected chi connectivity index (χ4v) is 1.76. The summed E-state index contributed by atoms with van der Waals surface area (Å²) >= 11 is 0. The quantitative estimate of drug-likeness (QED) is 0.868. The van der Waals surface area contributed by atoms with Gasteiger partial charge in [-0.3, -0.25) is 9.36 Å². The van der Waals surface area contributed by atoms with Gasteiger partial charge in [0, 0.05) is 25.7 Å². The van der Waals surface area contributed by atoms with Crippen molar-refractivity contribution in [2.45, 2.75) is 0 Å². The molecule has 0 radical (unpaired) electrons. The molecule has 1 heterocycles. The van der Waals surface area contributed by atoms with Gasteiger partial charge >= 0.3 is 5.76 Å². The first-order valence-corrected chi connectivity index (χ1v) is 6.01. The first kappa shape index (κ1) is 13.4. The second-order valence-electron chi connectivity index (χ2n) is 4.67. The molecule has 0 atom stereocenters. The summed E-state index contributed by atoms with van der Waals surface area (Å²) in [5.41, 5.74) is 1.62. The van der Waals surface area contributed by atoms with Crippen LogP contribution in [0.15, 0.2) is 27.4 Å². The van der Waals surface area contributed by atoms with Crippen LogP contribution in [-0.2, 0) is 7.05 Å². The molecule has 0 spiro atoms. The highest BCUT2D eigenvalue weighted by atomic mass is 16.4. The van der Waals surface area contributed by atoms with Crippen LogP contribution in [0.3, 0.4) is 0 Å². The van der Waals surface area contributed by atoms with Gasteiger partial charge in [-0.1, -0.05) is 0 Å². The molecule has 2 aromatic rings. The zero-order valence-corrected chi connectivity index (χ0v) is 11.3. The van der Waals surface area contributed by atoms with Crippen molar-refractivity contribution >= 4 is 17.0 Å². The van der Waals surface area contributed by atoms with Crippen LogP contribution in [0, 0.1) is 0 Å². The number of hydrogen-bond donors (Lipinski definition) is 1. The van der Waals surface area contributed by atoms with Crippen LogP contribution in [-0.4, -0.2) is 42.6 Å². The van der Waals surface area contributed by atoms with E-state index < -0.39 is 5.76 Å². The van der Waals surface area contributed by atoms with Crippen LogP contribution < -0.4 is 11.1 Å². The number of likely N-dealkylation sites (N-methyl/N-ethyl adjacent to an activating group) is 1. The maximum absolute atomic E-state index is 11.9. The van der Waals surface area contributed by atoms with Gasteiger partial charge in [-0.15, -0.1) is 0 Å². The van der Waals surface area contributed by atoms with E-state index in [1.165, 1.54) is 4.57 Å². The largest absolute Gasteiger partial charge is 0.419 e. The number of aryl methyl sites for hydroxylation is 1. The third kappa shape index (κ3) is 2.85. The van der Waals surface area contributed by atoms with Crippen molar-refractivity contribution in [2.24, 2.45) is 7.05 Å². The van der Waals surface area contributed by atoms with Gasteiger partial charge in [0.15, 0.2) is 5.58 Å². The first-order valence-electron chi connectivity index (χ1n) is 6.01. The summed E-state index contributed by atoms with van der Waals surface area (Å²) in [4.78, 5) is 25.3. The van der Waals surface area contributed by atoms with E-state index in [0.717, 1.165) is 6.54 Å². The summed E-state index contributed by atoms with van der Waals surface area (Å²) < 4.78 is 6.40. The maximum atomic E-state index is 11.9. The van der Waals surface area contributed by atoms with Crippen molar-refractivity contribution in [2.75, 3.05) is 27.2 Å². The van der Waals surface area contributed by atoms with Gasteiger partial charge in [0.25, 0.3) is 5.91 Å². The Kier molecular flexibility index (Phi) is 3.71. The first-order chi connectivity index (χ1) is 8.99. The number of amides is 1. The molecule has 19 heavy (non-hydrogen) atoms. The second-order valence-corrected chi connectivity index (χ2v) is 4.67. The van der Waals surface area contributed by atoms with E-state index in [2.05, 4.69) is 5.32 Å². The highest BCUT2D eigenvalue weighted by molar-refractivity contribution is 5.97. The minimum absolute atomic E-state index is 0.155.